The summed E-state index contributed by atoms with van der Waals surface area (Å²) in [5.74, 6) is -2.54. The lowest BCUT2D eigenvalue weighted by Gasteiger charge is -2.15. The minimum Gasteiger partial charge on any atom is -0.345 e. The molecule has 2 heterocycles. The number of aromatic nitrogens is 4. The first kappa shape index (κ1) is 22.0. The van der Waals surface area contributed by atoms with E-state index in [4.69, 9.17) is 11.6 Å². The van der Waals surface area contributed by atoms with Gasteiger partial charge in [0.2, 0.25) is 0 Å². The highest BCUT2D eigenvalue weighted by molar-refractivity contribution is 6.30. The Hall–Kier alpha value is -3.85. The Kier molecular flexibility index (Phi) is 5.49. The fraction of sp³-hybridized carbons (Fsp3) is 0.167. The summed E-state index contributed by atoms with van der Waals surface area (Å²) in [6.45, 7) is 0. The molecule has 0 bridgehead atoms. The molecule has 4 aromatic rings. The van der Waals surface area contributed by atoms with Gasteiger partial charge < -0.3 is 5.32 Å². The molecular weight excluding hydrogens is 464 g/mol. The molecule has 0 saturated carbocycles. The first-order chi connectivity index (χ1) is 16.3. The lowest BCUT2D eigenvalue weighted by atomic mass is 10.1. The Morgan fingerprint density at radius 1 is 1.15 bits per heavy atom. The van der Waals surface area contributed by atoms with Crippen LogP contribution in [0.5, 0.6) is 0 Å². The zero-order valence-electron chi connectivity index (χ0n) is 17.9. The summed E-state index contributed by atoms with van der Waals surface area (Å²) in [5.41, 5.74) is 1.79. The molecule has 1 aliphatic rings. The molecule has 1 amide bonds. The summed E-state index contributed by atoms with van der Waals surface area (Å²) in [5, 5.41) is 11.8. The number of nitrogens with one attached hydrogen (secondary N) is 1. The molecule has 5 rings (SSSR count). The van der Waals surface area contributed by atoms with Gasteiger partial charge in [-0.25, -0.2) is 8.78 Å². The maximum Gasteiger partial charge on any atom is 0.284 e. The van der Waals surface area contributed by atoms with Gasteiger partial charge in [0.1, 0.15) is 11.3 Å². The van der Waals surface area contributed by atoms with Crippen LogP contribution in [0.25, 0.3) is 16.9 Å². The molecule has 172 valence electrons. The van der Waals surface area contributed by atoms with Crippen molar-refractivity contribution in [2.75, 3.05) is 0 Å². The van der Waals surface area contributed by atoms with Crippen molar-refractivity contribution in [1.29, 1.82) is 0 Å². The molecule has 2 aromatic heterocycles. The fourth-order valence-corrected chi connectivity index (χ4v) is 4.22. The molecule has 34 heavy (non-hydrogen) atoms. The van der Waals surface area contributed by atoms with Crippen LogP contribution in [0, 0.1) is 11.6 Å². The summed E-state index contributed by atoms with van der Waals surface area (Å²) in [4.78, 5) is 26.5. The van der Waals surface area contributed by atoms with Crippen LogP contribution in [0.1, 0.15) is 33.9 Å². The molecule has 0 fully saturated rings. The lowest BCUT2D eigenvalue weighted by molar-refractivity contribution is 0.0934. The third-order valence-corrected chi connectivity index (χ3v) is 6.05. The van der Waals surface area contributed by atoms with Crippen molar-refractivity contribution in [2.45, 2.75) is 18.9 Å². The number of aryl methyl sites for hydroxylation is 2. The van der Waals surface area contributed by atoms with Crippen LogP contribution in [-0.4, -0.2) is 25.5 Å². The number of hydrogen-bond donors (Lipinski definition) is 1. The Morgan fingerprint density at radius 2 is 1.88 bits per heavy atom. The molecular formula is C24H18ClF2N5O2. The Morgan fingerprint density at radius 3 is 2.59 bits per heavy atom. The number of fused-ring (bicyclic) bond motifs is 1. The van der Waals surface area contributed by atoms with Crippen LogP contribution in [0.4, 0.5) is 8.78 Å². The van der Waals surface area contributed by atoms with E-state index in [9.17, 15) is 18.4 Å². The normalized spacial score (nSPS) is 14.8. The van der Waals surface area contributed by atoms with Crippen LogP contribution in [0.15, 0.2) is 59.7 Å². The van der Waals surface area contributed by atoms with E-state index in [0.717, 1.165) is 16.8 Å². The number of carbonyl (C=O) groups excluding carboxylic acids is 1. The summed E-state index contributed by atoms with van der Waals surface area (Å²) in [7, 11) is 1.70. The van der Waals surface area contributed by atoms with Gasteiger partial charge in [-0.2, -0.15) is 14.9 Å². The van der Waals surface area contributed by atoms with Gasteiger partial charge in [0.05, 0.1) is 24.1 Å². The van der Waals surface area contributed by atoms with E-state index in [-0.39, 0.29) is 5.56 Å². The Labute approximate surface area is 197 Å². The van der Waals surface area contributed by atoms with E-state index >= 15 is 0 Å². The summed E-state index contributed by atoms with van der Waals surface area (Å²) < 4.78 is 30.0. The van der Waals surface area contributed by atoms with Gasteiger partial charge in [0.15, 0.2) is 11.6 Å². The second kappa shape index (κ2) is 8.49. The number of halogens is 3. The van der Waals surface area contributed by atoms with Gasteiger partial charge in [-0.3, -0.25) is 14.3 Å². The molecule has 0 aliphatic heterocycles. The highest BCUT2D eigenvalue weighted by Crippen LogP contribution is 2.33. The molecule has 10 heteroatoms. The minimum atomic E-state index is -0.979. The van der Waals surface area contributed by atoms with E-state index in [1.54, 1.807) is 37.5 Å². The van der Waals surface area contributed by atoms with Gasteiger partial charge >= 0.3 is 0 Å². The van der Waals surface area contributed by atoms with Crippen molar-refractivity contribution >= 4 is 17.5 Å². The fourth-order valence-electron chi connectivity index (χ4n) is 4.10. The number of hydrogen-bond acceptors (Lipinski definition) is 4. The van der Waals surface area contributed by atoms with Crippen molar-refractivity contribution < 1.29 is 13.6 Å². The molecule has 1 N–H and O–H groups in total. The standard InChI is InChI=1S/C24H18ClF2N5O2/c1-31-12-16(11-28-31)32-24(34)18(10-22(30-32)13-2-5-15(25)6-3-13)23(33)29-21-7-4-14-8-19(26)20(27)9-17(14)21/h2-3,5-6,8-12,21H,4,7H2,1H3,(H,29,33)/t21-/m0/s1. The number of nitrogens with zero attached hydrogens (tertiary/aromatic N) is 4. The van der Waals surface area contributed by atoms with E-state index in [1.807, 2.05) is 0 Å². The van der Waals surface area contributed by atoms with Crippen LogP contribution in [-0.2, 0) is 13.5 Å². The van der Waals surface area contributed by atoms with Gasteiger partial charge in [-0.05, 0) is 54.3 Å². The van der Waals surface area contributed by atoms with Crippen molar-refractivity contribution in [3.8, 4) is 16.9 Å². The molecule has 1 aliphatic carbocycles. The number of rotatable bonds is 4. The minimum absolute atomic E-state index is 0.139. The van der Waals surface area contributed by atoms with Crippen molar-refractivity contribution in [3.05, 3.63) is 98.6 Å². The smallest absolute Gasteiger partial charge is 0.284 e. The third kappa shape index (κ3) is 3.99. The maximum atomic E-state index is 13.8. The topological polar surface area (TPSA) is 81.8 Å². The monoisotopic (exact) mass is 481 g/mol. The first-order valence-corrected chi connectivity index (χ1v) is 10.9. The van der Waals surface area contributed by atoms with E-state index in [0.29, 0.717) is 45.9 Å². The summed E-state index contributed by atoms with van der Waals surface area (Å²) in [6, 6.07) is 9.94. The third-order valence-electron chi connectivity index (χ3n) is 5.80. The van der Waals surface area contributed by atoms with Crippen LogP contribution < -0.4 is 10.9 Å². The van der Waals surface area contributed by atoms with Crippen LogP contribution in [0.3, 0.4) is 0 Å². The van der Waals surface area contributed by atoms with Crippen LogP contribution >= 0.6 is 11.6 Å². The summed E-state index contributed by atoms with van der Waals surface area (Å²) >= 11 is 5.99. The zero-order chi connectivity index (χ0) is 24.0. The van der Waals surface area contributed by atoms with Crippen molar-refractivity contribution in [1.82, 2.24) is 24.9 Å². The quantitative estimate of drug-likeness (QED) is 0.478. The SMILES string of the molecule is Cn1cc(-n2nc(-c3ccc(Cl)cc3)cc(C(=O)N[C@H]3CCc4cc(F)c(F)cc43)c2=O)cn1. The maximum absolute atomic E-state index is 13.8. The molecule has 0 radical (unpaired) electrons. The van der Waals surface area contributed by atoms with E-state index in [2.05, 4.69) is 15.5 Å². The van der Waals surface area contributed by atoms with Crippen LogP contribution in [0.2, 0.25) is 5.02 Å². The Bertz CT molecular complexity index is 1480. The van der Waals surface area contributed by atoms with E-state index in [1.165, 1.54) is 16.9 Å². The molecule has 2 aromatic carbocycles. The molecule has 1 atom stereocenters. The van der Waals surface area contributed by atoms with Crippen molar-refractivity contribution in [3.63, 3.8) is 0 Å². The van der Waals surface area contributed by atoms with E-state index < -0.39 is 29.1 Å². The number of carbonyl (C=O) groups is 1. The van der Waals surface area contributed by atoms with Crippen molar-refractivity contribution in [2.24, 2.45) is 7.05 Å². The predicted molar refractivity (Wildman–Crippen MR) is 122 cm³/mol. The number of benzene rings is 2. The zero-order valence-corrected chi connectivity index (χ0v) is 18.7. The second-order valence-corrected chi connectivity index (χ2v) is 8.51. The lowest BCUT2D eigenvalue weighted by Crippen LogP contribution is -2.35. The van der Waals surface area contributed by atoms with Gasteiger partial charge in [0.25, 0.3) is 11.5 Å². The molecule has 0 saturated heterocycles. The average Bonchev–Trinajstić information content (AvgIpc) is 3.41. The molecule has 7 nitrogen and oxygen atoms in total. The molecule has 0 unspecified atom stereocenters. The van der Waals surface area contributed by atoms with Gasteiger partial charge in [0, 0.05) is 17.6 Å². The largest absolute Gasteiger partial charge is 0.345 e. The predicted octanol–water partition coefficient (Wildman–Crippen LogP) is 3.98. The summed E-state index contributed by atoms with van der Waals surface area (Å²) in [6.07, 6.45) is 4.03. The Balaban J connectivity index is 1.56. The second-order valence-electron chi connectivity index (χ2n) is 8.07. The highest BCUT2D eigenvalue weighted by Gasteiger charge is 2.28. The molecule has 0 spiro atoms. The average molecular weight is 482 g/mol. The number of amides is 1. The highest BCUT2D eigenvalue weighted by atomic mass is 35.5. The van der Waals surface area contributed by atoms with Gasteiger partial charge in [-0.1, -0.05) is 23.7 Å². The first-order valence-electron chi connectivity index (χ1n) is 10.5. The van der Waals surface area contributed by atoms with Gasteiger partial charge in [-0.15, -0.1) is 0 Å².